The summed E-state index contributed by atoms with van der Waals surface area (Å²) in [7, 11) is 0. The van der Waals surface area contributed by atoms with Crippen molar-refractivity contribution in [2.75, 3.05) is 11.1 Å². The van der Waals surface area contributed by atoms with Crippen molar-refractivity contribution in [3.63, 3.8) is 0 Å². The minimum absolute atomic E-state index is 0.489. The van der Waals surface area contributed by atoms with Crippen LogP contribution in [-0.2, 0) is 0 Å². The normalized spacial score (nSPS) is 11.2. The van der Waals surface area contributed by atoms with E-state index in [0.717, 1.165) is 41.7 Å². The van der Waals surface area contributed by atoms with Gasteiger partial charge in [-0.3, -0.25) is 0 Å². The molecule has 5 aromatic rings. The topological polar surface area (TPSA) is 76.7 Å². The summed E-state index contributed by atoms with van der Waals surface area (Å²) < 4.78 is 2.02. The first-order chi connectivity index (χ1) is 12.8. The van der Waals surface area contributed by atoms with E-state index < -0.39 is 0 Å². The minimum atomic E-state index is 0.489. The van der Waals surface area contributed by atoms with Gasteiger partial charge in [-0.1, -0.05) is 30.3 Å². The van der Waals surface area contributed by atoms with Crippen molar-refractivity contribution < 1.29 is 0 Å². The molecule has 0 saturated heterocycles. The van der Waals surface area contributed by atoms with Crippen LogP contribution in [0, 0.1) is 0 Å². The molecule has 3 aromatic heterocycles. The smallest absolute Gasteiger partial charge is 0.144 e. The average molecular weight is 375 g/mol. The molecule has 0 saturated carbocycles. The molecule has 5 nitrogen and oxygen atoms in total. The second-order valence-corrected chi connectivity index (χ2v) is 7.77. The number of aromatic nitrogens is 3. The zero-order chi connectivity index (χ0) is 17.5. The highest BCUT2D eigenvalue weighted by molar-refractivity contribution is 7.26. The number of nitrogens with two attached hydrogens (primary N) is 1. The van der Waals surface area contributed by atoms with Crippen LogP contribution in [0.5, 0.6) is 0 Å². The number of hydrogen-bond donors (Lipinski definition) is 2. The maximum atomic E-state index is 6.10. The van der Waals surface area contributed by atoms with Crippen LogP contribution in [0.1, 0.15) is 0 Å². The Morgan fingerprint density at radius 1 is 0.885 bits per heavy atom. The number of para-hydroxylation sites is 2. The molecule has 2 aromatic carbocycles. The van der Waals surface area contributed by atoms with Gasteiger partial charge >= 0.3 is 0 Å². The van der Waals surface area contributed by atoms with Crippen LogP contribution in [0.4, 0.5) is 16.5 Å². The number of nitrogen functional groups attached to an aromatic ring is 1. The summed E-state index contributed by atoms with van der Waals surface area (Å²) in [4.78, 5) is 13.5. The molecule has 0 spiro atoms. The first-order valence-corrected chi connectivity index (χ1v) is 9.64. The minimum Gasteiger partial charge on any atom is -0.382 e. The maximum Gasteiger partial charge on any atom is 0.144 e. The maximum absolute atomic E-state index is 6.10. The standard InChI is InChI=1S/C19H13N5S2/c20-17-16-15(21-10-22-17)14(18(26-16)23-11-6-2-1-3-7-11)19-24-12-8-4-5-9-13(12)25-19/h1-10,23H,(H2,20,21,22). The molecule has 0 amide bonds. The van der Waals surface area contributed by atoms with Gasteiger partial charge in [0.1, 0.15) is 22.2 Å². The zero-order valence-corrected chi connectivity index (χ0v) is 15.1. The van der Waals surface area contributed by atoms with Crippen molar-refractivity contribution in [3.05, 3.63) is 60.9 Å². The van der Waals surface area contributed by atoms with Crippen molar-refractivity contribution in [3.8, 4) is 10.6 Å². The van der Waals surface area contributed by atoms with Crippen LogP contribution in [-0.4, -0.2) is 15.0 Å². The van der Waals surface area contributed by atoms with Crippen molar-refractivity contribution in [1.82, 2.24) is 15.0 Å². The lowest BCUT2D eigenvalue weighted by Crippen LogP contribution is -1.91. The molecule has 26 heavy (non-hydrogen) atoms. The fourth-order valence-electron chi connectivity index (χ4n) is 2.84. The van der Waals surface area contributed by atoms with Gasteiger partial charge in [0.15, 0.2) is 0 Å². The summed E-state index contributed by atoms with van der Waals surface area (Å²) >= 11 is 3.21. The lowest BCUT2D eigenvalue weighted by Gasteiger charge is -2.05. The predicted octanol–water partition coefficient (Wildman–Crippen LogP) is 5.29. The van der Waals surface area contributed by atoms with E-state index >= 15 is 0 Å². The molecule has 7 heteroatoms. The van der Waals surface area contributed by atoms with Gasteiger partial charge in [-0.15, -0.1) is 22.7 Å². The molecule has 0 unspecified atom stereocenters. The fraction of sp³-hybridized carbons (Fsp3) is 0. The Balaban J connectivity index is 1.76. The number of nitrogens with one attached hydrogen (secondary N) is 1. The molecule has 0 aliphatic rings. The number of fused-ring (bicyclic) bond motifs is 2. The number of nitrogens with zero attached hydrogens (tertiary/aromatic N) is 3. The van der Waals surface area contributed by atoms with Crippen molar-refractivity contribution in [1.29, 1.82) is 0 Å². The second kappa shape index (κ2) is 6.05. The van der Waals surface area contributed by atoms with Crippen LogP contribution in [0.2, 0.25) is 0 Å². The quantitative estimate of drug-likeness (QED) is 0.448. The molecular weight excluding hydrogens is 362 g/mol. The van der Waals surface area contributed by atoms with E-state index in [1.165, 1.54) is 6.33 Å². The summed E-state index contributed by atoms with van der Waals surface area (Å²) in [6.45, 7) is 0. The molecule has 0 aliphatic carbocycles. The third-order valence-electron chi connectivity index (χ3n) is 4.04. The lowest BCUT2D eigenvalue weighted by molar-refractivity contribution is 1.24. The molecule has 0 fully saturated rings. The Morgan fingerprint density at radius 2 is 1.69 bits per heavy atom. The van der Waals surface area contributed by atoms with Gasteiger partial charge in [0, 0.05) is 5.69 Å². The highest BCUT2D eigenvalue weighted by atomic mass is 32.1. The van der Waals surface area contributed by atoms with E-state index in [1.54, 1.807) is 22.7 Å². The third-order valence-corrected chi connectivity index (χ3v) is 6.21. The van der Waals surface area contributed by atoms with Crippen molar-refractivity contribution >= 4 is 59.6 Å². The number of thiophene rings is 1. The number of anilines is 3. The molecule has 0 aliphatic heterocycles. The van der Waals surface area contributed by atoms with Crippen molar-refractivity contribution in [2.45, 2.75) is 0 Å². The first-order valence-electron chi connectivity index (χ1n) is 8.00. The summed E-state index contributed by atoms with van der Waals surface area (Å²) in [5, 5.41) is 5.39. The van der Waals surface area contributed by atoms with Gasteiger partial charge in [0.2, 0.25) is 0 Å². The lowest BCUT2D eigenvalue weighted by atomic mass is 10.2. The third kappa shape index (κ3) is 2.49. The Hall–Kier alpha value is -3.03. The molecular formula is C19H13N5S2. The Morgan fingerprint density at radius 3 is 2.54 bits per heavy atom. The van der Waals surface area contributed by atoms with Crippen molar-refractivity contribution in [2.24, 2.45) is 0 Å². The SMILES string of the molecule is Nc1ncnc2c(-c3nc4ccccc4s3)c(Nc3ccccc3)sc12. The molecule has 0 bridgehead atoms. The number of thiazole rings is 1. The van der Waals surface area contributed by atoms with E-state index in [0.29, 0.717) is 5.82 Å². The molecule has 5 rings (SSSR count). The van der Waals surface area contributed by atoms with Crippen LogP contribution in [0.15, 0.2) is 60.9 Å². The number of benzene rings is 2. The Bertz CT molecular complexity index is 1190. The van der Waals surface area contributed by atoms with Gasteiger partial charge in [0.25, 0.3) is 0 Å². The Kier molecular flexibility index (Phi) is 3.55. The molecule has 126 valence electrons. The summed E-state index contributed by atoms with van der Waals surface area (Å²) in [5.41, 5.74) is 9.90. The molecule has 0 radical (unpaired) electrons. The van der Waals surface area contributed by atoms with Crippen LogP contribution in [0.25, 0.3) is 31.0 Å². The molecule has 3 N–H and O–H groups in total. The van der Waals surface area contributed by atoms with Gasteiger partial charge in [-0.25, -0.2) is 15.0 Å². The summed E-state index contributed by atoms with van der Waals surface area (Å²) in [6.07, 6.45) is 1.51. The highest BCUT2D eigenvalue weighted by Gasteiger charge is 2.20. The van der Waals surface area contributed by atoms with Gasteiger partial charge in [-0.05, 0) is 24.3 Å². The van der Waals surface area contributed by atoms with E-state index in [-0.39, 0.29) is 0 Å². The van der Waals surface area contributed by atoms with Gasteiger partial charge in [-0.2, -0.15) is 0 Å². The van der Waals surface area contributed by atoms with E-state index in [9.17, 15) is 0 Å². The second-order valence-electron chi connectivity index (χ2n) is 5.72. The van der Waals surface area contributed by atoms with Gasteiger partial charge < -0.3 is 11.1 Å². The fourth-order valence-corrected chi connectivity index (χ4v) is 5.00. The first kappa shape index (κ1) is 15.2. The highest BCUT2D eigenvalue weighted by Crippen LogP contribution is 2.46. The molecule has 0 atom stereocenters. The van der Waals surface area contributed by atoms with E-state index in [2.05, 4.69) is 21.4 Å². The van der Waals surface area contributed by atoms with Crippen LogP contribution >= 0.6 is 22.7 Å². The monoisotopic (exact) mass is 375 g/mol. The predicted molar refractivity (Wildman–Crippen MR) is 110 cm³/mol. The van der Waals surface area contributed by atoms with Crippen LogP contribution in [0.3, 0.4) is 0 Å². The van der Waals surface area contributed by atoms with Gasteiger partial charge in [0.05, 0.1) is 26.0 Å². The largest absolute Gasteiger partial charge is 0.382 e. The summed E-state index contributed by atoms with van der Waals surface area (Å²) in [6, 6.07) is 18.2. The van der Waals surface area contributed by atoms with Crippen LogP contribution < -0.4 is 11.1 Å². The summed E-state index contributed by atoms with van der Waals surface area (Å²) in [5.74, 6) is 0.489. The van der Waals surface area contributed by atoms with E-state index in [4.69, 9.17) is 10.7 Å². The Labute approximate surface area is 157 Å². The molecule has 3 heterocycles. The number of rotatable bonds is 3. The number of hydrogen-bond acceptors (Lipinski definition) is 7. The zero-order valence-electron chi connectivity index (χ0n) is 13.5. The average Bonchev–Trinajstić information content (AvgIpc) is 3.24. The van der Waals surface area contributed by atoms with E-state index in [1.807, 2.05) is 48.5 Å².